The van der Waals surface area contributed by atoms with Crippen LogP contribution in [-0.4, -0.2) is 57.8 Å². The molecule has 1 unspecified atom stereocenters. The highest BCUT2D eigenvalue weighted by Crippen LogP contribution is 2.18. The molecule has 0 saturated carbocycles. The smallest absolute Gasteiger partial charge is 0.191 e. The molecule has 1 aromatic rings. The number of hydrogen-bond donors (Lipinski definition) is 2. The molecular weight excluding hydrogens is 304 g/mol. The molecule has 2 N–H and O–H groups in total. The van der Waals surface area contributed by atoms with Gasteiger partial charge < -0.3 is 19.8 Å². The van der Waals surface area contributed by atoms with Gasteiger partial charge in [-0.25, -0.2) is 0 Å². The van der Waals surface area contributed by atoms with Crippen molar-refractivity contribution in [3.63, 3.8) is 0 Å². The van der Waals surface area contributed by atoms with Crippen molar-refractivity contribution in [1.29, 1.82) is 0 Å². The predicted octanol–water partition coefficient (Wildman–Crippen LogP) is 2.50. The lowest BCUT2D eigenvalue weighted by Gasteiger charge is -2.21. The molecule has 24 heavy (non-hydrogen) atoms. The Hall–Kier alpha value is -1.53. The average Bonchev–Trinajstić information content (AvgIpc) is 3.04. The van der Waals surface area contributed by atoms with E-state index in [-0.39, 0.29) is 6.04 Å². The van der Waals surface area contributed by atoms with E-state index in [1.807, 2.05) is 26.2 Å². The van der Waals surface area contributed by atoms with E-state index in [0.717, 1.165) is 44.4 Å². The van der Waals surface area contributed by atoms with Gasteiger partial charge in [0, 0.05) is 26.3 Å². The minimum Gasteiger partial charge on any atom is -0.468 e. The van der Waals surface area contributed by atoms with E-state index < -0.39 is 0 Å². The van der Waals surface area contributed by atoms with Crippen LogP contribution in [0, 0.1) is 5.92 Å². The monoisotopic (exact) mass is 338 g/mol. The molecular formula is C18H34N4O2. The van der Waals surface area contributed by atoms with Gasteiger partial charge in [-0.3, -0.25) is 9.89 Å². The van der Waals surface area contributed by atoms with E-state index in [9.17, 15) is 0 Å². The summed E-state index contributed by atoms with van der Waals surface area (Å²) in [6.45, 7) is 10.3. The Kier molecular flexibility index (Phi) is 10.2. The Morgan fingerprint density at radius 1 is 1.33 bits per heavy atom. The number of hydrogen-bond acceptors (Lipinski definition) is 4. The Bertz CT molecular complexity index is 444. The lowest BCUT2D eigenvalue weighted by molar-refractivity contribution is 0.108. The quantitative estimate of drug-likeness (QED) is 0.369. The number of likely N-dealkylation sites (N-methyl/N-ethyl adjacent to an activating group) is 1. The van der Waals surface area contributed by atoms with Crippen molar-refractivity contribution >= 4 is 5.96 Å². The van der Waals surface area contributed by atoms with Gasteiger partial charge in [0.15, 0.2) is 5.96 Å². The zero-order valence-corrected chi connectivity index (χ0v) is 15.8. The van der Waals surface area contributed by atoms with Gasteiger partial charge in [-0.1, -0.05) is 13.8 Å². The van der Waals surface area contributed by atoms with Gasteiger partial charge in [-0.15, -0.1) is 0 Å². The summed E-state index contributed by atoms with van der Waals surface area (Å²) in [4.78, 5) is 6.81. The van der Waals surface area contributed by atoms with Crippen LogP contribution in [-0.2, 0) is 4.74 Å². The van der Waals surface area contributed by atoms with Crippen LogP contribution in [0.15, 0.2) is 27.8 Å². The van der Waals surface area contributed by atoms with Gasteiger partial charge in [-0.05, 0) is 45.5 Å². The summed E-state index contributed by atoms with van der Waals surface area (Å²) < 4.78 is 11.1. The van der Waals surface area contributed by atoms with E-state index >= 15 is 0 Å². The number of guanidine groups is 1. The molecule has 0 aliphatic heterocycles. The zero-order chi connectivity index (χ0) is 17.8. The topological polar surface area (TPSA) is 62.0 Å². The number of furan rings is 1. The van der Waals surface area contributed by atoms with Crippen molar-refractivity contribution in [2.45, 2.75) is 33.2 Å². The number of nitrogens with one attached hydrogen (secondary N) is 2. The molecule has 6 heteroatoms. The molecule has 1 aromatic heterocycles. The Morgan fingerprint density at radius 2 is 2.12 bits per heavy atom. The summed E-state index contributed by atoms with van der Waals surface area (Å²) in [6, 6.07) is 4.03. The Balaban J connectivity index is 2.43. The van der Waals surface area contributed by atoms with Crippen molar-refractivity contribution in [2.24, 2.45) is 10.9 Å². The summed E-state index contributed by atoms with van der Waals surface area (Å²) >= 11 is 0. The fraction of sp³-hybridized carbons (Fsp3) is 0.722. The third-order valence-electron chi connectivity index (χ3n) is 3.47. The molecule has 0 aliphatic rings. The van der Waals surface area contributed by atoms with Crippen LogP contribution in [0.25, 0.3) is 0 Å². The van der Waals surface area contributed by atoms with E-state index in [4.69, 9.17) is 9.15 Å². The van der Waals surface area contributed by atoms with Crippen LogP contribution in [0.4, 0.5) is 0 Å². The van der Waals surface area contributed by atoms with Crippen molar-refractivity contribution in [3.8, 4) is 0 Å². The van der Waals surface area contributed by atoms with Gasteiger partial charge in [0.25, 0.3) is 0 Å². The third kappa shape index (κ3) is 8.36. The summed E-state index contributed by atoms with van der Waals surface area (Å²) in [5.74, 6) is 2.35. The molecule has 1 atom stereocenters. The molecule has 0 aromatic carbocycles. The van der Waals surface area contributed by atoms with Crippen LogP contribution in [0.1, 0.15) is 39.0 Å². The summed E-state index contributed by atoms with van der Waals surface area (Å²) in [6.07, 6.45) is 2.67. The van der Waals surface area contributed by atoms with E-state index in [1.165, 1.54) is 0 Å². The summed E-state index contributed by atoms with van der Waals surface area (Å²) in [5.41, 5.74) is 0. The average molecular weight is 338 g/mol. The summed E-state index contributed by atoms with van der Waals surface area (Å²) in [7, 11) is 4.07. The van der Waals surface area contributed by atoms with E-state index in [0.29, 0.717) is 12.5 Å². The Morgan fingerprint density at radius 3 is 2.71 bits per heavy atom. The first-order valence-corrected chi connectivity index (χ1v) is 8.84. The van der Waals surface area contributed by atoms with Gasteiger partial charge in [0.05, 0.1) is 18.8 Å². The predicted molar refractivity (Wildman–Crippen MR) is 99.4 cm³/mol. The maximum Gasteiger partial charge on any atom is 0.191 e. The third-order valence-corrected chi connectivity index (χ3v) is 3.47. The molecule has 0 radical (unpaired) electrons. The van der Waals surface area contributed by atoms with Crippen molar-refractivity contribution < 1.29 is 9.15 Å². The molecule has 1 rings (SSSR count). The first kappa shape index (κ1) is 20.5. The van der Waals surface area contributed by atoms with Crippen LogP contribution in [0.2, 0.25) is 0 Å². The second-order valence-electron chi connectivity index (χ2n) is 6.46. The highest BCUT2D eigenvalue weighted by atomic mass is 16.5. The second kappa shape index (κ2) is 11.9. The SMILES string of the molecule is CCNC(=NCC(c1ccco1)N(C)C)NCCCOCC(C)C. The van der Waals surface area contributed by atoms with Crippen LogP contribution in [0.5, 0.6) is 0 Å². The molecule has 0 bridgehead atoms. The molecule has 0 amide bonds. The lowest BCUT2D eigenvalue weighted by atomic mass is 10.2. The molecule has 6 nitrogen and oxygen atoms in total. The molecule has 1 heterocycles. The zero-order valence-electron chi connectivity index (χ0n) is 15.8. The minimum atomic E-state index is 0.129. The fourth-order valence-electron chi connectivity index (χ4n) is 2.21. The van der Waals surface area contributed by atoms with Gasteiger partial charge in [0.1, 0.15) is 5.76 Å². The second-order valence-corrected chi connectivity index (χ2v) is 6.46. The van der Waals surface area contributed by atoms with E-state index in [2.05, 4.69) is 41.3 Å². The maximum atomic E-state index is 5.60. The fourth-order valence-corrected chi connectivity index (χ4v) is 2.21. The summed E-state index contributed by atoms with van der Waals surface area (Å²) in [5, 5.41) is 6.64. The normalized spacial score (nSPS) is 13.5. The van der Waals surface area contributed by atoms with Crippen LogP contribution in [0.3, 0.4) is 0 Å². The first-order valence-electron chi connectivity index (χ1n) is 8.84. The molecule has 138 valence electrons. The first-order chi connectivity index (χ1) is 11.5. The molecule has 0 aliphatic carbocycles. The molecule has 0 spiro atoms. The molecule has 0 fully saturated rings. The van der Waals surface area contributed by atoms with Crippen molar-refractivity contribution in [1.82, 2.24) is 15.5 Å². The Labute approximate surface area is 146 Å². The highest BCUT2D eigenvalue weighted by Gasteiger charge is 2.16. The molecule has 0 saturated heterocycles. The number of rotatable bonds is 11. The number of ether oxygens (including phenoxy) is 1. The standard InChI is InChI=1S/C18H34N4O2/c1-6-19-18(20-10-8-11-23-14-15(2)3)21-13-16(22(4)5)17-9-7-12-24-17/h7,9,12,15-16H,6,8,10-11,13-14H2,1-5H3,(H2,19,20,21). The van der Waals surface area contributed by atoms with E-state index in [1.54, 1.807) is 6.26 Å². The number of nitrogens with zero attached hydrogens (tertiary/aromatic N) is 2. The van der Waals surface area contributed by atoms with Gasteiger partial charge in [0.2, 0.25) is 0 Å². The van der Waals surface area contributed by atoms with Gasteiger partial charge in [-0.2, -0.15) is 0 Å². The van der Waals surface area contributed by atoms with Crippen LogP contribution >= 0.6 is 0 Å². The van der Waals surface area contributed by atoms with Crippen molar-refractivity contribution in [2.75, 3.05) is 46.9 Å². The maximum absolute atomic E-state index is 5.60. The van der Waals surface area contributed by atoms with Crippen LogP contribution < -0.4 is 10.6 Å². The van der Waals surface area contributed by atoms with Crippen molar-refractivity contribution in [3.05, 3.63) is 24.2 Å². The largest absolute Gasteiger partial charge is 0.468 e. The minimum absolute atomic E-state index is 0.129. The highest BCUT2D eigenvalue weighted by molar-refractivity contribution is 5.79. The van der Waals surface area contributed by atoms with Gasteiger partial charge >= 0.3 is 0 Å². The lowest BCUT2D eigenvalue weighted by Crippen LogP contribution is -2.38. The number of aliphatic imine (C=N–C) groups is 1.